The summed E-state index contributed by atoms with van der Waals surface area (Å²) in [4.78, 5) is 12.4. The fourth-order valence-electron chi connectivity index (χ4n) is 2.05. The van der Waals surface area contributed by atoms with E-state index in [0.29, 0.717) is 30.2 Å². The number of benzene rings is 2. The molecule has 0 aliphatic carbocycles. The molecule has 1 N–H and O–H groups in total. The van der Waals surface area contributed by atoms with Crippen molar-refractivity contribution in [2.24, 2.45) is 0 Å². The first-order valence-electron chi connectivity index (χ1n) is 7.49. The van der Waals surface area contributed by atoms with Crippen molar-refractivity contribution in [3.05, 3.63) is 54.6 Å². The van der Waals surface area contributed by atoms with Gasteiger partial charge >= 0.3 is 0 Å². The van der Waals surface area contributed by atoms with E-state index in [2.05, 4.69) is 5.32 Å². The first-order valence-corrected chi connectivity index (χ1v) is 7.49. The lowest BCUT2D eigenvalue weighted by Crippen LogP contribution is -2.32. The minimum Gasteiger partial charge on any atom is -0.492 e. The third-order valence-electron chi connectivity index (χ3n) is 3.13. The van der Waals surface area contributed by atoms with Gasteiger partial charge in [0.15, 0.2) is 6.10 Å². The molecular weight excluding hydrogens is 278 g/mol. The van der Waals surface area contributed by atoms with Crippen LogP contribution in [0.1, 0.15) is 20.3 Å². The van der Waals surface area contributed by atoms with Crippen molar-refractivity contribution in [2.75, 3.05) is 11.9 Å². The summed E-state index contributed by atoms with van der Waals surface area (Å²) in [5, 5.41) is 2.88. The molecule has 0 heterocycles. The van der Waals surface area contributed by atoms with Crippen LogP contribution >= 0.6 is 0 Å². The third-order valence-corrected chi connectivity index (χ3v) is 3.13. The second-order valence-corrected chi connectivity index (χ2v) is 4.75. The van der Waals surface area contributed by atoms with Crippen molar-refractivity contribution < 1.29 is 14.3 Å². The molecule has 2 rings (SSSR count). The zero-order valence-corrected chi connectivity index (χ0v) is 12.9. The van der Waals surface area contributed by atoms with Crippen LogP contribution in [0.25, 0.3) is 0 Å². The van der Waals surface area contributed by atoms with Gasteiger partial charge in [-0.25, -0.2) is 0 Å². The Kier molecular flexibility index (Phi) is 5.83. The molecule has 0 radical (unpaired) electrons. The summed E-state index contributed by atoms with van der Waals surface area (Å²) in [6.07, 6.45) is 0.0365. The van der Waals surface area contributed by atoms with Crippen LogP contribution in [0, 0.1) is 0 Å². The highest BCUT2D eigenvalue weighted by molar-refractivity contribution is 5.95. The molecule has 1 atom stereocenters. The summed E-state index contributed by atoms with van der Waals surface area (Å²) >= 11 is 0. The van der Waals surface area contributed by atoms with Gasteiger partial charge in [-0.05, 0) is 37.6 Å². The molecule has 2 aromatic rings. The van der Waals surface area contributed by atoms with Gasteiger partial charge in [-0.3, -0.25) is 4.79 Å². The van der Waals surface area contributed by atoms with E-state index >= 15 is 0 Å². The minimum absolute atomic E-state index is 0.182. The standard InChI is InChI=1S/C18H21NO3/c1-3-16(22-14-10-6-5-7-11-14)18(20)19-15-12-8-9-13-17(15)21-4-2/h5-13,16H,3-4H2,1-2H3,(H,19,20). The Balaban J connectivity index is 2.06. The van der Waals surface area contributed by atoms with E-state index < -0.39 is 6.10 Å². The molecule has 1 amide bonds. The Hall–Kier alpha value is -2.49. The maximum atomic E-state index is 12.4. The van der Waals surface area contributed by atoms with Crippen LogP contribution in [0.5, 0.6) is 11.5 Å². The fourth-order valence-corrected chi connectivity index (χ4v) is 2.05. The van der Waals surface area contributed by atoms with E-state index in [1.165, 1.54) is 0 Å². The van der Waals surface area contributed by atoms with Gasteiger partial charge < -0.3 is 14.8 Å². The first kappa shape index (κ1) is 15.9. The number of hydrogen-bond donors (Lipinski definition) is 1. The van der Waals surface area contributed by atoms with Crippen molar-refractivity contribution in [3.63, 3.8) is 0 Å². The molecule has 0 spiro atoms. The van der Waals surface area contributed by atoms with Crippen LogP contribution < -0.4 is 14.8 Å². The molecule has 0 aliphatic heterocycles. The van der Waals surface area contributed by atoms with Gasteiger partial charge in [-0.15, -0.1) is 0 Å². The summed E-state index contributed by atoms with van der Waals surface area (Å²) in [5.41, 5.74) is 0.657. The molecule has 2 aromatic carbocycles. The SMILES string of the molecule is CCOc1ccccc1NC(=O)C(CC)Oc1ccccc1. The van der Waals surface area contributed by atoms with Gasteiger partial charge in [0.25, 0.3) is 5.91 Å². The van der Waals surface area contributed by atoms with E-state index in [1.807, 2.05) is 68.4 Å². The van der Waals surface area contributed by atoms with Gasteiger partial charge in [-0.2, -0.15) is 0 Å². The first-order chi connectivity index (χ1) is 10.7. The van der Waals surface area contributed by atoms with Crippen molar-refractivity contribution in [1.82, 2.24) is 0 Å². The third kappa shape index (κ3) is 4.25. The number of anilines is 1. The second-order valence-electron chi connectivity index (χ2n) is 4.75. The number of carbonyl (C=O) groups is 1. The van der Waals surface area contributed by atoms with Crippen LogP contribution in [0.4, 0.5) is 5.69 Å². The quantitative estimate of drug-likeness (QED) is 0.844. The Bertz CT molecular complexity index is 598. The summed E-state index contributed by atoms with van der Waals surface area (Å²) in [6, 6.07) is 16.7. The van der Waals surface area contributed by atoms with Gasteiger partial charge in [0.2, 0.25) is 0 Å². The van der Waals surface area contributed by atoms with Crippen LogP contribution in [0.2, 0.25) is 0 Å². The normalized spacial score (nSPS) is 11.5. The molecule has 0 saturated carbocycles. The second kappa shape index (κ2) is 8.08. The van der Waals surface area contributed by atoms with Gasteiger partial charge in [0.1, 0.15) is 11.5 Å². The molecule has 1 unspecified atom stereocenters. The topological polar surface area (TPSA) is 47.6 Å². The monoisotopic (exact) mass is 299 g/mol. The average Bonchev–Trinajstić information content (AvgIpc) is 2.55. The molecule has 0 aliphatic rings. The van der Waals surface area contributed by atoms with E-state index in [-0.39, 0.29) is 5.91 Å². The van der Waals surface area contributed by atoms with Crippen LogP contribution in [-0.2, 0) is 4.79 Å². The number of hydrogen-bond acceptors (Lipinski definition) is 3. The molecule has 4 heteroatoms. The molecule has 22 heavy (non-hydrogen) atoms. The largest absolute Gasteiger partial charge is 0.492 e. The predicted molar refractivity (Wildman–Crippen MR) is 87.4 cm³/mol. The fraction of sp³-hybridized carbons (Fsp3) is 0.278. The number of amides is 1. The lowest BCUT2D eigenvalue weighted by molar-refractivity contribution is -0.122. The maximum absolute atomic E-state index is 12.4. The smallest absolute Gasteiger partial charge is 0.265 e. The van der Waals surface area contributed by atoms with E-state index in [1.54, 1.807) is 0 Å². The molecule has 4 nitrogen and oxygen atoms in total. The molecule has 116 valence electrons. The van der Waals surface area contributed by atoms with Crippen molar-refractivity contribution in [2.45, 2.75) is 26.4 Å². The van der Waals surface area contributed by atoms with Gasteiger partial charge in [-0.1, -0.05) is 37.3 Å². The lowest BCUT2D eigenvalue weighted by Gasteiger charge is -2.18. The minimum atomic E-state index is -0.544. The van der Waals surface area contributed by atoms with E-state index in [0.717, 1.165) is 0 Å². The highest BCUT2D eigenvalue weighted by atomic mass is 16.5. The van der Waals surface area contributed by atoms with Gasteiger partial charge in [0, 0.05) is 0 Å². The molecular formula is C18H21NO3. The van der Waals surface area contributed by atoms with Crippen molar-refractivity contribution in [1.29, 1.82) is 0 Å². The van der Waals surface area contributed by atoms with E-state index in [4.69, 9.17) is 9.47 Å². The van der Waals surface area contributed by atoms with Crippen molar-refractivity contribution in [3.8, 4) is 11.5 Å². The average molecular weight is 299 g/mol. The number of ether oxygens (including phenoxy) is 2. The summed E-state index contributed by atoms with van der Waals surface area (Å²) in [7, 11) is 0. The summed E-state index contributed by atoms with van der Waals surface area (Å²) in [5.74, 6) is 1.16. The number of rotatable bonds is 7. The number of nitrogens with one attached hydrogen (secondary N) is 1. The zero-order chi connectivity index (χ0) is 15.8. The lowest BCUT2D eigenvalue weighted by atomic mass is 10.2. The number of para-hydroxylation sites is 3. The molecule has 0 saturated heterocycles. The predicted octanol–water partition coefficient (Wildman–Crippen LogP) is 3.88. The van der Waals surface area contributed by atoms with Crippen LogP contribution in [0.3, 0.4) is 0 Å². The maximum Gasteiger partial charge on any atom is 0.265 e. The number of carbonyl (C=O) groups excluding carboxylic acids is 1. The molecule has 0 fully saturated rings. The summed E-state index contributed by atoms with van der Waals surface area (Å²) in [6.45, 7) is 4.37. The van der Waals surface area contributed by atoms with Gasteiger partial charge in [0.05, 0.1) is 12.3 Å². The highest BCUT2D eigenvalue weighted by Gasteiger charge is 2.19. The zero-order valence-electron chi connectivity index (χ0n) is 12.9. The Morgan fingerprint density at radius 1 is 1.05 bits per heavy atom. The highest BCUT2D eigenvalue weighted by Crippen LogP contribution is 2.24. The Labute approximate surface area is 131 Å². The molecule has 0 aromatic heterocycles. The van der Waals surface area contributed by atoms with Crippen molar-refractivity contribution >= 4 is 11.6 Å². The Morgan fingerprint density at radius 3 is 2.41 bits per heavy atom. The van der Waals surface area contributed by atoms with Crippen LogP contribution in [-0.4, -0.2) is 18.6 Å². The molecule has 0 bridgehead atoms. The van der Waals surface area contributed by atoms with E-state index in [9.17, 15) is 4.79 Å². The summed E-state index contributed by atoms with van der Waals surface area (Å²) < 4.78 is 11.3. The van der Waals surface area contributed by atoms with Crippen LogP contribution in [0.15, 0.2) is 54.6 Å². The Morgan fingerprint density at radius 2 is 1.73 bits per heavy atom.